The van der Waals surface area contributed by atoms with E-state index in [1.54, 1.807) is 0 Å². The van der Waals surface area contributed by atoms with Crippen LogP contribution in [0.15, 0.2) is 64.6 Å². The number of nitrogens with zero attached hydrogens (tertiary/aromatic N) is 3. The van der Waals surface area contributed by atoms with Gasteiger partial charge in [-0.25, -0.2) is 4.98 Å². The molecular formula is C24H21Cl2F3N4S2. The number of alkyl halides is 3. The van der Waals surface area contributed by atoms with E-state index < -0.39 is 11.7 Å². The van der Waals surface area contributed by atoms with Gasteiger partial charge in [0.05, 0.1) is 10.6 Å². The van der Waals surface area contributed by atoms with E-state index in [-0.39, 0.29) is 5.02 Å². The van der Waals surface area contributed by atoms with Crippen molar-refractivity contribution in [3.05, 3.63) is 75.9 Å². The molecule has 184 valence electrons. The SMILES string of the molecule is Cc1ccc(Cl)cc1N1CCN(C(=S)Nc2ccc(Sc3ncc(C(F)(F)F)cc3Cl)cc2)CC1. The zero-order valence-electron chi connectivity index (χ0n) is 18.6. The van der Waals surface area contributed by atoms with Crippen LogP contribution in [-0.2, 0) is 6.18 Å². The molecule has 1 saturated heterocycles. The van der Waals surface area contributed by atoms with Crippen molar-refractivity contribution in [2.24, 2.45) is 0 Å². The molecule has 0 bridgehead atoms. The molecule has 0 atom stereocenters. The van der Waals surface area contributed by atoms with Gasteiger partial charge in [-0.2, -0.15) is 13.2 Å². The number of pyridine rings is 1. The number of anilines is 2. The van der Waals surface area contributed by atoms with Crippen LogP contribution in [-0.4, -0.2) is 41.2 Å². The average Bonchev–Trinajstić information content (AvgIpc) is 2.82. The lowest BCUT2D eigenvalue weighted by atomic mass is 10.1. The second-order valence-corrected chi connectivity index (χ2v) is 10.3. The fourth-order valence-corrected chi connectivity index (χ4v) is 5.16. The summed E-state index contributed by atoms with van der Waals surface area (Å²) in [7, 11) is 0. The molecule has 2 aromatic carbocycles. The molecule has 0 saturated carbocycles. The molecular weight excluding hydrogens is 536 g/mol. The van der Waals surface area contributed by atoms with E-state index in [1.165, 1.54) is 17.3 Å². The monoisotopic (exact) mass is 556 g/mol. The summed E-state index contributed by atoms with van der Waals surface area (Å²) >= 11 is 19.0. The van der Waals surface area contributed by atoms with Crippen molar-refractivity contribution in [2.45, 2.75) is 23.0 Å². The van der Waals surface area contributed by atoms with Gasteiger partial charge in [0.1, 0.15) is 5.03 Å². The number of halogens is 5. The van der Waals surface area contributed by atoms with Crippen LogP contribution in [0.4, 0.5) is 24.5 Å². The minimum Gasteiger partial charge on any atom is -0.368 e. The Balaban J connectivity index is 1.32. The predicted octanol–water partition coefficient (Wildman–Crippen LogP) is 7.39. The highest BCUT2D eigenvalue weighted by molar-refractivity contribution is 7.99. The van der Waals surface area contributed by atoms with Crippen LogP contribution >= 0.6 is 47.2 Å². The average molecular weight is 557 g/mol. The Kier molecular flexibility index (Phi) is 8.00. The molecule has 1 aromatic heterocycles. The summed E-state index contributed by atoms with van der Waals surface area (Å²) in [5.74, 6) is 0. The first-order chi connectivity index (χ1) is 16.6. The van der Waals surface area contributed by atoms with Gasteiger partial charge in [-0.3, -0.25) is 0 Å². The van der Waals surface area contributed by atoms with Crippen molar-refractivity contribution in [3.63, 3.8) is 0 Å². The zero-order valence-corrected chi connectivity index (χ0v) is 21.7. The summed E-state index contributed by atoms with van der Waals surface area (Å²) in [6.45, 7) is 5.31. The number of benzene rings is 2. The molecule has 4 rings (SSSR count). The van der Waals surface area contributed by atoms with Crippen molar-refractivity contribution < 1.29 is 13.2 Å². The normalized spacial score (nSPS) is 14.2. The third kappa shape index (κ3) is 6.52. The smallest absolute Gasteiger partial charge is 0.368 e. The van der Waals surface area contributed by atoms with E-state index in [2.05, 4.69) is 27.0 Å². The molecule has 0 aliphatic carbocycles. The topological polar surface area (TPSA) is 31.4 Å². The Bertz CT molecular complexity index is 1210. The number of piperazine rings is 1. The summed E-state index contributed by atoms with van der Waals surface area (Å²) in [6, 6.07) is 14.2. The number of aryl methyl sites for hydroxylation is 1. The van der Waals surface area contributed by atoms with Crippen molar-refractivity contribution in [1.82, 2.24) is 9.88 Å². The lowest BCUT2D eigenvalue weighted by Gasteiger charge is -2.38. The molecule has 35 heavy (non-hydrogen) atoms. The third-order valence-corrected chi connectivity index (χ3v) is 7.56. The summed E-state index contributed by atoms with van der Waals surface area (Å²) in [5, 5.41) is 4.89. The summed E-state index contributed by atoms with van der Waals surface area (Å²) in [4.78, 5) is 9.10. The maximum absolute atomic E-state index is 12.8. The van der Waals surface area contributed by atoms with Gasteiger partial charge in [0, 0.05) is 53.7 Å². The van der Waals surface area contributed by atoms with E-state index >= 15 is 0 Å². The Morgan fingerprint density at radius 1 is 1.03 bits per heavy atom. The van der Waals surface area contributed by atoms with E-state index in [0.717, 1.165) is 59.7 Å². The van der Waals surface area contributed by atoms with Gasteiger partial charge in [0.15, 0.2) is 5.11 Å². The second-order valence-electron chi connectivity index (χ2n) is 7.97. The van der Waals surface area contributed by atoms with E-state index in [0.29, 0.717) is 10.1 Å². The van der Waals surface area contributed by atoms with Crippen molar-refractivity contribution >= 4 is 63.7 Å². The molecule has 1 aliphatic rings. The number of thiocarbonyl (C=S) groups is 1. The first-order valence-electron chi connectivity index (χ1n) is 10.7. The first-order valence-corrected chi connectivity index (χ1v) is 12.7. The standard InChI is InChI=1S/C24H21Cl2F3N4S2/c1-15-2-3-17(25)13-21(15)32-8-10-33(11-9-32)23(34)31-18-4-6-19(7-5-18)35-22-20(26)12-16(14-30-22)24(27,28)29/h2-7,12-14H,8-11H2,1H3,(H,31,34). The summed E-state index contributed by atoms with van der Waals surface area (Å²) in [5.41, 5.74) is 2.28. The number of nitrogens with one attached hydrogen (secondary N) is 1. The molecule has 1 N–H and O–H groups in total. The van der Waals surface area contributed by atoms with Gasteiger partial charge in [0.25, 0.3) is 0 Å². The van der Waals surface area contributed by atoms with Gasteiger partial charge in [-0.15, -0.1) is 0 Å². The van der Waals surface area contributed by atoms with Crippen LogP contribution in [0.5, 0.6) is 0 Å². The molecule has 0 radical (unpaired) electrons. The summed E-state index contributed by atoms with van der Waals surface area (Å²) < 4.78 is 38.4. The predicted molar refractivity (Wildman–Crippen MR) is 141 cm³/mol. The number of rotatable bonds is 4. The van der Waals surface area contributed by atoms with Crippen LogP contribution in [0.2, 0.25) is 10.0 Å². The van der Waals surface area contributed by atoms with Crippen molar-refractivity contribution in [3.8, 4) is 0 Å². The van der Waals surface area contributed by atoms with Gasteiger partial charge < -0.3 is 15.1 Å². The Morgan fingerprint density at radius 3 is 2.34 bits per heavy atom. The number of aromatic nitrogens is 1. The van der Waals surface area contributed by atoms with Crippen molar-refractivity contribution in [2.75, 3.05) is 36.4 Å². The number of hydrogen-bond donors (Lipinski definition) is 1. The maximum Gasteiger partial charge on any atom is 0.417 e. The molecule has 11 heteroatoms. The van der Waals surface area contributed by atoms with Gasteiger partial charge >= 0.3 is 6.18 Å². The highest BCUT2D eigenvalue weighted by Crippen LogP contribution is 2.36. The van der Waals surface area contributed by atoms with Gasteiger partial charge in [-0.1, -0.05) is 41.0 Å². The van der Waals surface area contributed by atoms with Crippen LogP contribution in [0.25, 0.3) is 0 Å². The molecule has 2 heterocycles. The molecule has 0 spiro atoms. The summed E-state index contributed by atoms with van der Waals surface area (Å²) in [6.07, 6.45) is -3.69. The van der Waals surface area contributed by atoms with E-state index in [9.17, 15) is 13.2 Å². The Hall–Kier alpha value is -2.20. The molecule has 1 aliphatic heterocycles. The zero-order chi connectivity index (χ0) is 25.2. The minimum atomic E-state index is -4.48. The van der Waals surface area contributed by atoms with Crippen LogP contribution in [0, 0.1) is 6.92 Å². The van der Waals surface area contributed by atoms with Crippen LogP contribution in [0.1, 0.15) is 11.1 Å². The molecule has 1 fully saturated rings. The van der Waals surface area contributed by atoms with Gasteiger partial charge in [-0.05, 0) is 67.2 Å². The molecule has 3 aromatic rings. The fraction of sp³-hybridized carbons (Fsp3) is 0.250. The first kappa shape index (κ1) is 25.9. The Labute approximate surface area is 221 Å². The van der Waals surface area contributed by atoms with Crippen molar-refractivity contribution in [1.29, 1.82) is 0 Å². The quantitative estimate of drug-likeness (QED) is 0.337. The molecule has 4 nitrogen and oxygen atoms in total. The lowest BCUT2D eigenvalue weighted by Crippen LogP contribution is -2.50. The minimum absolute atomic E-state index is 0.0414. The second kappa shape index (κ2) is 10.8. The number of hydrogen-bond acceptors (Lipinski definition) is 4. The lowest BCUT2D eigenvalue weighted by molar-refractivity contribution is -0.137. The fourth-order valence-electron chi connectivity index (χ4n) is 3.65. The van der Waals surface area contributed by atoms with E-state index in [1.807, 2.05) is 42.5 Å². The van der Waals surface area contributed by atoms with Crippen LogP contribution in [0.3, 0.4) is 0 Å². The Morgan fingerprint density at radius 2 is 1.71 bits per heavy atom. The third-order valence-electron chi connectivity index (χ3n) is 5.53. The highest BCUT2D eigenvalue weighted by atomic mass is 35.5. The highest BCUT2D eigenvalue weighted by Gasteiger charge is 2.31. The molecule has 0 amide bonds. The maximum atomic E-state index is 12.8. The van der Waals surface area contributed by atoms with Gasteiger partial charge in [0.2, 0.25) is 0 Å². The largest absolute Gasteiger partial charge is 0.417 e. The van der Waals surface area contributed by atoms with E-state index in [4.69, 9.17) is 35.4 Å². The molecule has 0 unspecified atom stereocenters. The van der Waals surface area contributed by atoms with Crippen LogP contribution < -0.4 is 10.2 Å².